The van der Waals surface area contributed by atoms with Crippen LogP contribution in [-0.4, -0.2) is 43.1 Å². The van der Waals surface area contributed by atoms with Crippen molar-refractivity contribution in [3.8, 4) is 5.75 Å². The summed E-state index contributed by atoms with van der Waals surface area (Å²) in [7, 11) is 1.62. The van der Waals surface area contributed by atoms with Gasteiger partial charge in [0, 0.05) is 24.3 Å². The molecule has 5 nitrogen and oxygen atoms in total. The molecule has 20 heavy (non-hydrogen) atoms. The molecule has 1 amide bonds. The molecule has 0 saturated carbocycles. The Labute approximate surface area is 120 Å². The van der Waals surface area contributed by atoms with Gasteiger partial charge in [-0.25, -0.2) is 0 Å². The second kappa shape index (κ2) is 6.24. The van der Waals surface area contributed by atoms with E-state index in [0.717, 1.165) is 37.4 Å². The lowest BCUT2D eigenvalue weighted by atomic mass is 9.86. The smallest absolute Gasteiger partial charge is 0.238 e. The minimum atomic E-state index is -0.0882. The fraction of sp³-hybridized carbons (Fsp3) is 0.533. The monoisotopic (exact) mass is 277 g/mol. The second-order valence-corrected chi connectivity index (χ2v) is 5.53. The van der Waals surface area contributed by atoms with Gasteiger partial charge in [-0.2, -0.15) is 0 Å². The Morgan fingerprint density at radius 1 is 1.40 bits per heavy atom. The van der Waals surface area contributed by atoms with Crippen molar-refractivity contribution in [1.29, 1.82) is 0 Å². The summed E-state index contributed by atoms with van der Waals surface area (Å²) in [5, 5.41) is 2.87. The molecule has 1 aromatic carbocycles. The molecule has 1 aliphatic rings. The quantitative estimate of drug-likeness (QED) is 0.826. The van der Waals surface area contributed by atoms with Crippen LogP contribution < -0.4 is 15.8 Å². The van der Waals surface area contributed by atoms with Gasteiger partial charge in [-0.05, 0) is 30.7 Å². The van der Waals surface area contributed by atoms with Gasteiger partial charge >= 0.3 is 0 Å². The van der Waals surface area contributed by atoms with E-state index in [4.69, 9.17) is 10.5 Å². The maximum atomic E-state index is 11.9. The predicted octanol–water partition coefficient (Wildman–Crippen LogP) is 1.45. The Morgan fingerprint density at radius 3 is 2.60 bits per heavy atom. The Morgan fingerprint density at radius 2 is 2.05 bits per heavy atom. The maximum Gasteiger partial charge on any atom is 0.238 e. The van der Waals surface area contributed by atoms with Crippen molar-refractivity contribution >= 4 is 11.6 Å². The van der Waals surface area contributed by atoms with Crippen LogP contribution in [0.25, 0.3) is 0 Å². The van der Waals surface area contributed by atoms with E-state index in [1.165, 1.54) is 0 Å². The molecule has 1 aromatic rings. The second-order valence-electron chi connectivity index (χ2n) is 5.53. The van der Waals surface area contributed by atoms with Crippen LogP contribution in [0.2, 0.25) is 0 Å². The summed E-state index contributed by atoms with van der Waals surface area (Å²) in [4.78, 5) is 14.0. The number of rotatable bonds is 6. The number of ether oxygens (including phenoxy) is 1. The molecule has 0 unspecified atom stereocenters. The fourth-order valence-corrected chi connectivity index (χ4v) is 2.69. The number of nitrogens with zero attached hydrogens (tertiary/aromatic N) is 1. The maximum absolute atomic E-state index is 11.9. The summed E-state index contributed by atoms with van der Waals surface area (Å²) >= 11 is 0. The highest BCUT2D eigenvalue weighted by Gasteiger charge is 2.38. The SMILES string of the molecule is CCCC1(N)CN(CC(=O)Nc2ccc(OC)cc2)C1. The summed E-state index contributed by atoms with van der Waals surface area (Å²) in [5.41, 5.74) is 6.87. The molecule has 1 heterocycles. The normalized spacial score (nSPS) is 17.4. The number of likely N-dealkylation sites (tertiary alicyclic amines) is 1. The van der Waals surface area contributed by atoms with Gasteiger partial charge in [0.2, 0.25) is 5.91 Å². The van der Waals surface area contributed by atoms with E-state index >= 15 is 0 Å². The number of methoxy groups -OCH3 is 1. The zero-order valence-corrected chi connectivity index (χ0v) is 12.2. The van der Waals surface area contributed by atoms with Crippen LogP contribution in [-0.2, 0) is 4.79 Å². The van der Waals surface area contributed by atoms with Gasteiger partial charge in [0.1, 0.15) is 5.75 Å². The van der Waals surface area contributed by atoms with Gasteiger partial charge in [0.25, 0.3) is 0 Å². The first-order valence-corrected chi connectivity index (χ1v) is 7.00. The highest BCUT2D eigenvalue weighted by molar-refractivity contribution is 5.92. The minimum absolute atomic E-state index is 0.00582. The lowest BCUT2D eigenvalue weighted by molar-refractivity contribution is -0.119. The number of nitrogens with two attached hydrogens (primary N) is 1. The highest BCUT2D eigenvalue weighted by atomic mass is 16.5. The van der Waals surface area contributed by atoms with E-state index in [-0.39, 0.29) is 11.4 Å². The van der Waals surface area contributed by atoms with Crippen LogP contribution in [0.3, 0.4) is 0 Å². The molecule has 1 aliphatic heterocycles. The molecule has 5 heteroatoms. The molecule has 1 fully saturated rings. The molecule has 0 bridgehead atoms. The van der Waals surface area contributed by atoms with E-state index in [1.54, 1.807) is 7.11 Å². The molecule has 3 N–H and O–H groups in total. The number of nitrogens with one attached hydrogen (secondary N) is 1. The van der Waals surface area contributed by atoms with Crippen LogP contribution >= 0.6 is 0 Å². The molecular formula is C15H23N3O2. The zero-order valence-electron chi connectivity index (χ0n) is 12.2. The summed E-state index contributed by atoms with van der Waals surface area (Å²) in [6, 6.07) is 7.31. The van der Waals surface area contributed by atoms with Crippen molar-refractivity contribution in [2.45, 2.75) is 25.3 Å². The van der Waals surface area contributed by atoms with Crippen molar-refractivity contribution in [3.63, 3.8) is 0 Å². The van der Waals surface area contributed by atoms with E-state index in [2.05, 4.69) is 17.1 Å². The van der Waals surface area contributed by atoms with Crippen molar-refractivity contribution < 1.29 is 9.53 Å². The van der Waals surface area contributed by atoms with Crippen molar-refractivity contribution in [1.82, 2.24) is 4.90 Å². The Balaban J connectivity index is 1.76. The lowest BCUT2D eigenvalue weighted by Crippen LogP contribution is -2.68. The van der Waals surface area contributed by atoms with Crippen molar-refractivity contribution in [2.75, 3.05) is 32.1 Å². The van der Waals surface area contributed by atoms with Crippen LogP contribution in [0, 0.1) is 0 Å². The number of hydrogen-bond acceptors (Lipinski definition) is 4. The molecule has 2 rings (SSSR count). The summed E-state index contributed by atoms with van der Waals surface area (Å²) < 4.78 is 5.08. The third-order valence-corrected chi connectivity index (χ3v) is 3.57. The number of benzene rings is 1. The molecule has 1 saturated heterocycles. The molecule has 0 atom stereocenters. The number of hydrogen-bond donors (Lipinski definition) is 2. The molecule has 110 valence electrons. The predicted molar refractivity (Wildman–Crippen MR) is 79.9 cm³/mol. The molecular weight excluding hydrogens is 254 g/mol. The largest absolute Gasteiger partial charge is 0.497 e. The van der Waals surface area contributed by atoms with Gasteiger partial charge in [0.15, 0.2) is 0 Å². The van der Waals surface area contributed by atoms with E-state index < -0.39 is 0 Å². The highest BCUT2D eigenvalue weighted by Crippen LogP contribution is 2.23. The summed E-state index contributed by atoms with van der Waals surface area (Å²) in [5.74, 6) is 0.770. The van der Waals surface area contributed by atoms with Crippen molar-refractivity contribution in [3.05, 3.63) is 24.3 Å². The van der Waals surface area contributed by atoms with Crippen LogP contribution in [0.15, 0.2) is 24.3 Å². The fourth-order valence-electron chi connectivity index (χ4n) is 2.69. The minimum Gasteiger partial charge on any atom is -0.497 e. The Hall–Kier alpha value is -1.59. The van der Waals surface area contributed by atoms with Crippen LogP contribution in [0.4, 0.5) is 5.69 Å². The number of anilines is 1. The van der Waals surface area contributed by atoms with Gasteiger partial charge in [-0.15, -0.1) is 0 Å². The topological polar surface area (TPSA) is 67.6 Å². The first-order valence-electron chi connectivity index (χ1n) is 7.00. The molecule has 0 radical (unpaired) electrons. The summed E-state index contributed by atoms with van der Waals surface area (Å²) in [6.45, 7) is 4.14. The Bertz CT molecular complexity index is 453. The number of amides is 1. The third kappa shape index (κ3) is 3.71. The van der Waals surface area contributed by atoms with Crippen molar-refractivity contribution in [2.24, 2.45) is 5.73 Å². The van der Waals surface area contributed by atoms with Gasteiger partial charge in [-0.1, -0.05) is 13.3 Å². The number of carbonyl (C=O) groups excluding carboxylic acids is 1. The molecule has 0 spiro atoms. The number of carbonyl (C=O) groups is 1. The van der Waals surface area contributed by atoms with Gasteiger partial charge in [0.05, 0.1) is 13.7 Å². The first-order chi connectivity index (χ1) is 9.54. The molecule has 0 aliphatic carbocycles. The van der Waals surface area contributed by atoms with E-state index in [0.29, 0.717) is 6.54 Å². The van der Waals surface area contributed by atoms with Gasteiger partial charge < -0.3 is 15.8 Å². The van der Waals surface area contributed by atoms with E-state index in [9.17, 15) is 4.79 Å². The van der Waals surface area contributed by atoms with Crippen LogP contribution in [0.5, 0.6) is 5.75 Å². The zero-order chi connectivity index (χ0) is 14.6. The first kappa shape index (κ1) is 14.8. The van der Waals surface area contributed by atoms with E-state index in [1.807, 2.05) is 24.3 Å². The lowest BCUT2D eigenvalue weighted by Gasteiger charge is -2.47. The molecule has 0 aromatic heterocycles. The van der Waals surface area contributed by atoms with Gasteiger partial charge in [-0.3, -0.25) is 9.69 Å². The third-order valence-electron chi connectivity index (χ3n) is 3.57. The standard InChI is InChI=1S/C15H23N3O2/c1-3-8-15(16)10-18(11-15)9-14(19)17-12-4-6-13(20-2)7-5-12/h4-7H,3,8-11,16H2,1-2H3,(H,17,19). The average molecular weight is 277 g/mol. The van der Waals surface area contributed by atoms with Crippen LogP contribution in [0.1, 0.15) is 19.8 Å². The Kier molecular flexibility index (Phi) is 4.62. The average Bonchev–Trinajstić information content (AvgIpc) is 2.38. The summed E-state index contributed by atoms with van der Waals surface area (Å²) in [6.07, 6.45) is 2.10.